The predicted octanol–water partition coefficient (Wildman–Crippen LogP) is 4.75. The van der Waals surface area contributed by atoms with Crippen molar-refractivity contribution in [2.45, 2.75) is 31.0 Å². The molecular formula is C21H21BrF3NO3. The number of alkyl halides is 3. The summed E-state index contributed by atoms with van der Waals surface area (Å²) >= 11 is 3.50. The van der Waals surface area contributed by atoms with Crippen molar-refractivity contribution < 1.29 is 27.4 Å². The first kappa shape index (κ1) is 21.6. The van der Waals surface area contributed by atoms with Gasteiger partial charge in [-0.25, -0.2) is 0 Å². The van der Waals surface area contributed by atoms with Gasteiger partial charge in [-0.15, -0.1) is 13.2 Å². The van der Waals surface area contributed by atoms with Crippen molar-refractivity contribution in [2.24, 2.45) is 0 Å². The van der Waals surface area contributed by atoms with E-state index in [4.69, 9.17) is 4.74 Å². The lowest BCUT2D eigenvalue weighted by Crippen LogP contribution is -2.45. The minimum atomic E-state index is -4.73. The molecule has 4 nitrogen and oxygen atoms in total. The molecule has 0 unspecified atom stereocenters. The Labute approximate surface area is 175 Å². The fraction of sp³-hybridized carbons (Fsp3) is 0.381. The van der Waals surface area contributed by atoms with Gasteiger partial charge in [0.25, 0.3) is 0 Å². The summed E-state index contributed by atoms with van der Waals surface area (Å²) in [5.41, 5.74) is 1.55. The molecule has 1 N–H and O–H groups in total. The van der Waals surface area contributed by atoms with Crippen LogP contribution >= 0.6 is 15.9 Å². The van der Waals surface area contributed by atoms with Crippen molar-refractivity contribution in [1.29, 1.82) is 0 Å². The molecule has 0 bridgehead atoms. The van der Waals surface area contributed by atoms with Crippen LogP contribution in [0.2, 0.25) is 0 Å². The van der Waals surface area contributed by atoms with Gasteiger partial charge < -0.3 is 14.8 Å². The predicted molar refractivity (Wildman–Crippen MR) is 106 cm³/mol. The monoisotopic (exact) mass is 471 g/mol. The second kappa shape index (κ2) is 9.17. The molecule has 1 aliphatic rings. The smallest absolute Gasteiger partial charge is 0.406 e. The van der Waals surface area contributed by atoms with Crippen LogP contribution in [0.4, 0.5) is 13.2 Å². The largest absolute Gasteiger partial charge is 0.573 e. The molecule has 0 spiro atoms. The summed E-state index contributed by atoms with van der Waals surface area (Å²) in [5.74, 6) is -0.493. The highest BCUT2D eigenvalue weighted by Crippen LogP contribution is 2.35. The normalized spacial score (nSPS) is 16.3. The number of carbonyl (C=O) groups is 1. The molecule has 1 amide bonds. The van der Waals surface area contributed by atoms with Gasteiger partial charge in [0.2, 0.25) is 5.91 Å². The molecule has 3 rings (SSSR count). The van der Waals surface area contributed by atoms with Gasteiger partial charge in [-0.3, -0.25) is 4.79 Å². The lowest BCUT2D eigenvalue weighted by Gasteiger charge is -2.38. The van der Waals surface area contributed by atoms with Crippen LogP contribution < -0.4 is 10.1 Å². The molecule has 0 radical (unpaired) electrons. The van der Waals surface area contributed by atoms with Gasteiger partial charge in [-0.1, -0.05) is 40.2 Å². The van der Waals surface area contributed by atoms with Gasteiger partial charge in [0.05, 0.1) is 6.42 Å². The van der Waals surface area contributed by atoms with E-state index in [1.807, 2.05) is 12.1 Å². The van der Waals surface area contributed by atoms with E-state index in [0.29, 0.717) is 25.3 Å². The third-order valence-electron chi connectivity index (χ3n) is 5.03. The van der Waals surface area contributed by atoms with Crippen LogP contribution in [0.5, 0.6) is 5.75 Å². The summed E-state index contributed by atoms with van der Waals surface area (Å²) in [6, 6.07) is 13.4. The Morgan fingerprint density at radius 3 is 2.45 bits per heavy atom. The number of halogens is 4. The molecular weight excluding hydrogens is 451 g/mol. The fourth-order valence-electron chi connectivity index (χ4n) is 3.47. The van der Waals surface area contributed by atoms with E-state index >= 15 is 0 Å². The topological polar surface area (TPSA) is 47.6 Å². The fourth-order valence-corrected chi connectivity index (χ4v) is 3.87. The van der Waals surface area contributed by atoms with Gasteiger partial charge in [0.1, 0.15) is 5.75 Å². The first-order valence-electron chi connectivity index (χ1n) is 9.21. The molecule has 1 fully saturated rings. The second-order valence-electron chi connectivity index (χ2n) is 7.05. The Balaban J connectivity index is 1.62. The molecule has 0 saturated carbocycles. The molecule has 0 aromatic heterocycles. The lowest BCUT2D eigenvalue weighted by atomic mass is 9.74. The number of hydrogen-bond acceptors (Lipinski definition) is 3. The molecule has 156 valence electrons. The standard InChI is InChI=1S/C21H21BrF3NO3/c22-17-3-1-2-16(13-17)20(8-10-28-11-9-20)14-26-19(27)12-15-4-6-18(7-5-15)29-21(23,24)25/h1-7,13H,8-12,14H2,(H,26,27). The molecule has 1 aliphatic heterocycles. The quantitative estimate of drug-likeness (QED) is 0.660. The Bertz CT molecular complexity index is 834. The summed E-state index contributed by atoms with van der Waals surface area (Å²) in [6.07, 6.45) is -3.05. The molecule has 2 aromatic rings. The molecule has 2 aromatic carbocycles. The SMILES string of the molecule is O=C(Cc1ccc(OC(F)(F)F)cc1)NCC1(c2cccc(Br)c2)CCOCC1. The number of amides is 1. The van der Waals surface area contributed by atoms with Crippen molar-refractivity contribution in [3.63, 3.8) is 0 Å². The van der Waals surface area contributed by atoms with Crippen molar-refractivity contribution in [1.82, 2.24) is 5.32 Å². The third kappa shape index (κ3) is 6.21. The van der Waals surface area contributed by atoms with Crippen LogP contribution in [0.3, 0.4) is 0 Å². The molecule has 29 heavy (non-hydrogen) atoms. The van der Waals surface area contributed by atoms with Crippen LogP contribution in [0.25, 0.3) is 0 Å². The molecule has 1 saturated heterocycles. The number of ether oxygens (including phenoxy) is 2. The summed E-state index contributed by atoms with van der Waals surface area (Å²) in [7, 11) is 0. The van der Waals surface area contributed by atoms with Crippen molar-refractivity contribution in [2.75, 3.05) is 19.8 Å². The average Bonchev–Trinajstić information content (AvgIpc) is 2.68. The summed E-state index contributed by atoms with van der Waals surface area (Å²) in [6.45, 7) is 1.73. The number of hydrogen-bond donors (Lipinski definition) is 1. The molecule has 0 atom stereocenters. The van der Waals surface area contributed by atoms with Crippen LogP contribution in [-0.2, 0) is 21.4 Å². The third-order valence-corrected chi connectivity index (χ3v) is 5.53. The Morgan fingerprint density at radius 2 is 1.83 bits per heavy atom. The summed E-state index contributed by atoms with van der Waals surface area (Å²) < 4.78 is 47.0. The lowest BCUT2D eigenvalue weighted by molar-refractivity contribution is -0.274. The van der Waals surface area contributed by atoms with E-state index in [9.17, 15) is 18.0 Å². The van der Waals surface area contributed by atoms with Crippen molar-refractivity contribution in [3.05, 3.63) is 64.1 Å². The van der Waals surface area contributed by atoms with E-state index < -0.39 is 6.36 Å². The van der Waals surface area contributed by atoms with Gasteiger partial charge in [-0.05, 0) is 48.2 Å². The zero-order chi connectivity index (χ0) is 20.9. The van der Waals surface area contributed by atoms with Crippen LogP contribution in [0.1, 0.15) is 24.0 Å². The van der Waals surface area contributed by atoms with Crippen LogP contribution in [-0.4, -0.2) is 32.0 Å². The summed E-state index contributed by atoms with van der Waals surface area (Å²) in [5, 5.41) is 2.99. The zero-order valence-corrected chi connectivity index (χ0v) is 17.2. The van der Waals surface area contributed by atoms with Gasteiger partial charge in [0, 0.05) is 29.6 Å². The first-order valence-corrected chi connectivity index (χ1v) is 10.0. The van der Waals surface area contributed by atoms with Crippen molar-refractivity contribution in [3.8, 4) is 5.75 Å². The maximum Gasteiger partial charge on any atom is 0.573 e. The molecule has 0 aliphatic carbocycles. The van der Waals surface area contributed by atoms with E-state index in [1.165, 1.54) is 24.3 Å². The number of benzene rings is 2. The summed E-state index contributed by atoms with van der Waals surface area (Å²) in [4.78, 5) is 12.4. The zero-order valence-electron chi connectivity index (χ0n) is 15.6. The second-order valence-corrected chi connectivity index (χ2v) is 7.96. The highest BCUT2D eigenvalue weighted by atomic mass is 79.9. The highest BCUT2D eigenvalue weighted by molar-refractivity contribution is 9.10. The van der Waals surface area contributed by atoms with Crippen LogP contribution in [0, 0.1) is 0 Å². The maximum absolute atomic E-state index is 12.4. The molecule has 1 heterocycles. The Morgan fingerprint density at radius 1 is 1.14 bits per heavy atom. The number of rotatable bonds is 6. The maximum atomic E-state index is 12.4. The van der Waals surface area contributed by atoms with Gasteiger partial charge in [0.15, 0.2) is 0 Å². The average molecular weight is 472 g/mol. The minimum Gasteiger partial charge on any atom is -0.406 e. The minimum absolute atomic E-state index is 0.0807. The Kier molecular flexibility index (Phi) is 6.85. The van der Waals surface area contributed by atoms with Crippen LogP contribution in [0.15, 0.2) is 53.0 Å². The van der Waals surface area contributed by atoms with E-state index in [-0.39, 0.29) is 23.5 Å². The van der Waals surface area contributed by atoms with Gasteiger partial charge >= 0.3 is 6.36 Å². The molecule has 8 heteroatoms. The van der Waals surface area contributed by atoms with E-state index in [2.05, 4.69) is 38.1 Å². The van der Waals surface area contributed by atoms with Crippen molar-refractivity contribution >= 4 is 21.8 Å². The van der Waals surface area contributed by atoms with Gasteiger partial charge in [-0.2, -0.15) is 0 Å². The highest BCUT2D eigenvalue weighted by Gasteiger charge is 2.35. The number of nitrogens with one attached hydrogen (secondary N) is 1. The van der Waals surface area contributed by atoms with E-state index in [1.54, 1.807) is 0 Å². The first-order chi connectivity index (χ1) is 13.8. The van der Waals surface area contributed by atoms with E-state index in [0.717, 1.165) is 22.9 Å². The number of carbonyl (C=O) groups excluding carboxylic acids is 1. The Hall–Kier alpha value is -2.06.